The highest BCUT2D eigenvalue weighted by molar-refractivity contribution is 7.01. The van der Waals surface area contributed by atoms with Crippen LogP contribution in [0.3, 0.4) is 0 Å². The first-order valence-corrected chi connectivity index (χ1v) is 25.2. The monoisotopic (exact) mass is 938 g/mol. The van der Waals surface area contributed by atoms with Crippen molar-refractivity contribution in [1.29, 1.82) is 0 Å². The van der Waals surface area contributed by atoms with E-state index in [1.165, 1.54) is 0 Å². The van der Waals surface area contributed by atoms with Crippen LogP contribution in [0.15, 0.2) is 231 Å². The molecular formula is C66H47BN4O2. The molecule has 0 atom stereocenters. The highest BCUT2D eigenvalue weighted by atomic mass is 16.5. The van der Waals surface area contributed by atoms with Gasteiger partial charge in [-0.05, 0) is 118 Å². The molecule has 0 amide bonds. The summed E-state index contributed by atoms with van der Waals surface area (Å²) in [5.74, 6) is 3.26. The molecule has 346 valence electrons. The minimum absolute atomic E-state index is 0.238. The highest BCUT2D eigenvalue weighted by Gasteiger charge is 2.49. The Kier molecular flexibility index (Phi) is 8.91. The van der Waals surface area contributed by atoms with Gasteiger partial charge in [-0.25, -0.2) is 0 Å². The molecule has 6 nitrogen and oxygen atoms in total. The van der Waals surface area contributed by atoms with Crippen molar-refractivity contribution in [2.45, 2.75) is 26.2 Å². The van der Waals surface area contributed by atoms with Crippen LogP contribution in [-0.4, -0.2) is 6.71 Å². The van der Waals surface area contributed by atoms with Gasteiger partial charge in [0.1, 0.15) is 34.4 Å². The molecule has 0 spiro atoms. The fraction of sp³-hybridized carbons (Fsp3) is 0.0606. The number of rotatable bonds is 4. The Morgan fingerprint density at radius 1 is 0.315 bits per heavy atom. The first kappa shape index (κ1) is 41.6. The van der Waals surface area contributed by atoms with E-state index in [2.05, 4.69) is 271 Å². The summed E-state index contributed by atoms with van der Waals surface area (Å²) in [7, 11) is 0. The maximum atomic E-state index is 7.80. The topological polar surface area (TPSA) is 31.4 Å². The summed E-state index contributed by atoms with van der Waals surface area (Å²) in [6.07, 6.45) is 0. The van der Waals surface area contributed by atoms with Crippen LogP contribution in [0.2, 0.25) is 0 Å². The van der Waals surface area contributed by atoms with Crippen LogP contribution in [0.1, 0.15) is 26.3 Å². The molecule has 4 aliphatic heterocycles. The van der Waals surface area contributed by atoms with Crippen LogP contribution >= 0.6 is 0 Å². The van der Waals surface area contributed by atoms with Gasteiger partial charge in [-0.15, -0.1) is 0 Å². The lowest BCUT2D eigenvalue weighted by Gasteiger charge is -2.46. The van der Waals surface area contributed by atoms with E-state index in [0.29, 0.717) is 0 Å². The quantitative estimate of drug-likeness (QED) is 0.163. The molecule has 0 saturated heterocycles. The summed E-state index contributed by atoms with van der Waals surface area (Å²) in [6, 6.07) is 83.2. The molecule has 11 aromatic carbocycles. The number of fused-ring (bicyclic) bond motifs is 16. The zero-order valence-corrected chi connectivity index (χ0v) is 40.6. The van der Waals surface area contributed by atoms with Crippen molar-refractivity contribution in [2.24, 2.45) is 0 Å². The number of hydrogen-bond donors (Lipinski definition) is 0. The Morgan fingerprint density at radius 2 is 0.603 bits per heavy atom. The fourth-order valence-electron chi connectivity index (χ4n) is 12.2. The molecule has 4 heterocycles. The van der Waals surface area contributed by atoms with E-state index in [0.717, 1.165) is 135 Å². The third kappa shape index (κ3) is 6.00. The van der Waals surface area contributed by atoms with Crippen molar-refractivity contribution in [2.75, 3.05) is 19.6 Å². The van der Waals surface area contributed by atoms with Gasteiger partial charge in [0.2, 0.25) is 0 Å². The molecule has 11 aromatic rings. The summed E-state index contributed by atoms with van der Waals surface area (Å²) in [6.45, 7) is 6.50. The van der Waals surface area contributed by atoms with E-state index in [9.17, 15) is 0 Å². The summed E-state index contributed by atoms with van der Waals surface area (Å²) >= 11 is 0. The smallest absolute Gasteiger partial charge is 0.262 e. The highest BCUT2D eigenvalue weighted by Crippen LogP contribution is 2.63. The van der Waals surface area contributed by atoms with Crippen molar-refractivity contribution in [1.82, 2.24) is 0 Å². The molecule has 15 rings (SSSR count). The lowest BCUT2D eigenvalue weighted by atomic mass is 9.33. The molecule has 0 unspecified atom stereocenters. The van der Waals surface area contributed by atoms with Crippen molar-refractivity contribution in [3.05, 3.63) is 236 Å². The molecule has 0 radical (unpaired) electrons. The maximum Gasteiger partial charge on any atom is 0.262 e. The van der Waals surface area contributed by atoms with Gasteiger partial charge >= 0.3 is 0 Å². The van der Waals surface area contributed by atoms with Gasteiger partial charge in [-0.1, -0.05) is 166 Å². The van der Waals surface area contributed by atoms with E-state index >= 15 is 0 Å². The summed E-state index contributed by atoms with van der Waals surface area (Å²) in [5.41, 5.74) is 16.8. The number of nitrogens with zero attached hydrogens (tertiary/aromatic N) is 4. The minimum Gasteiger partial charge on any atom is -0.456 e. The average Bonchev–Trinajstić information content (AvgIpc) is 3.44. The van der Waals surface area contributed by atoms with Crippen molar-refractivity contribution in [3.63, 3.8) is 0 Å². The normalized spacial score (nSPS) is 13.8. The molecule has 0 aliphatic carbocycles. The fourth-order valence-corrected chi connectivity index (χ4v) is 12.2. The van der Waals surface area contributed by atoms with Gasteiger partial charge in [0.15, 0.2) is 0 Å². The Morgan fingerprint density at radius 3 is 0.932 bits per heavy atom. The van der Waals surface area contributed by atoms with Gasteiger partial charge in [-0.2, -0.15) is 0 Å². The average molecular weight is 939 g/mol. The molecule has 0 fully saturated rings. The lowest BCUT2D eigenvalue weighted by molar-refractivity contribution is 0.460. The molecule has 0 saturated carbocycles. The Hall–Kier alpha value is -9.20. The Labute approximate surface area is 425 Å². The second kappa shape index (κ2) is 15.7. The zero-order valence-electron chi connectivity index (χ0n) is 40.6. The van der Waals surface area contributed by atoms with E-state index in [4.69, 9.17) is 9.47 Å². The van der Waals surface area contributed by atoms with Crippen LogP contribution in [0, 0.1) is 0 Å². The molecule has 0 aromatic heterocycles. The van der Waals surface area contributed by atoms with Crippen LogP contribution in [0.25, 0.3) is 21.5 Å². The first-order chi connectivity index (χ1) is 35.9. The molecule has 73 heavy (non-hydrogen) atoms. The minimum atomic E-state index is -0.322. The molecule has 0 bridgehead atoms. The van der Waals surface area contributed by atoms with Crippen molar-refractivity contribution >= 4 is 113 Å². The third-order valence-corrected chi connectivity index (χ3v) is 15.3. The van der Waals surface area contributed by atoms with Crippen molar-refractivity contribution in [3.8, 4) is 23.0 Å². The zero-order chi connectivity index (χ0) is 48.5. The van der Waals surface area contributed by atoms with E-state index < -0.39 is 0 Å². The maximum absolute atomic E-state index is 7.80. The van der Waals surface area contributed by atoms with Crippen LogP contribution in [0.4, 0.5) is 68.2 Å². The van der Waals surface area contributed by atoms with E-state index in [1.54, 1.807) is 0 Å². The Balaban J connectivity index is 1.13. The molecule has 0 N–H and O–H groups in total. The predicted molar refractivity (Wildman–Crippen MR) is 304 cm³/mol. The number of hydrogen-bond acceptors (Lipinski definition) is 6. The summed E-state index contributed by atoms with van der Waals surface area (Å²) in [5, 5.41) is 4.50. The van der Waals surface area contributed by atoms with Gasteiger partial charge in [0.25, 0.3) is 6.71 Å². The standard InChI is InChI=1S/C66H47BN4O2/c1-66(2,3)42-40-55-59-56(41-42)73-65-58(48-33-17-19-35-50(48)61-63(65)71(46-30-14-7-15-31-46)54-39-23-21-37-52(54)69(61)44-26-10-5-11-27-44)67(59)57-47-32-16-18-34-49(47)60-62(64(57)72-55)70(45-28-12-6-13-29-45)53-38-22-20-36-51(53)68(60)43-24-8-4-9-25-43/h4-41H,1-3H3. The van der Waals surface area contributed by atoms with Gasteiger partial charge < -0.3 is 29.1 Å². The van der Waals surface area contributed by atoms with Crippen LogP contribution in [-0.2, 0) is 5.41 Å². The Bertz CT molecular complexity index is 3790. The number of anilines is 12. The molecular weight excluding hydrogens is 892 g/mol. The second-order valence-corrected chi connectivity index (χ2v) is 20.4. The van der Waals surface area contributed by atoms with E-state index in [-0.39, 0.29) is 12.1 Å². The number of benzene rings is 11. The largest absolute Gasteiger partial charge is 0.456 e. The third-order valence-electron chi connectivity index (χ3n) is 15.3. The summed E-state index contributed by atoms with van der Waals surface area (Å²) in [4.78, 5) is 9.76. The number of para-hydroxylation sites is 8. The first-order valence-electron chi connectivity index (χ1n) is 25.2. The van der Waals surface area contributed by atoms with Gasteiger partial charge in [-0.3, -0.25) is 0 Å². The van der Waals surface area contributed by atoms with Gasteiger partial charge in [0, 0.05) is 39.0 Å². The van der Waals surface area contributed by atoms with Crippen LogP contribution in [0.5, 0.6) is 23.0 Å². The second-order valence-electron chi connectivity index (χ2n) is 20.4. The lowest BCUT2D eigenvalue weighted by Crippen LogP contribution is -2.58. The predicted octanol–water partition coefficient (Wildman–Crippen LogP) is 16.5. The SMILES string of the molecule is CC(C)(C)c1cc2c3c(c1)Oc1c4c(c5ccccc5c1B3c1c(c3c(c5ccccc15)N(c1ccccc1)c1ccccc1N3c1ccccc1)O2)N(c1ccccc1)c1ccccc1N4c1ccccc1. The van der Waals surface area contributed by atoms with Crippen LogP contribution < -0.4 is 45.5 Å². The van der Waals surface area contributed by atoms with Gasteiger partial charge in [0.05, 0.1) is 34.1 Å². The molecule has 7 heteroatoms. The van der Waals surface area contributed by atoms with E-state index in [1.807, 2.05) is 0 Å². The number of ether oxygens (including phenoxy) is 2. The van der Waals surface area contributed by atoms with Crippen molar-refractivity contribution < 1.29 is 9.47 Å². The summed E-state index contributed by atoms with van der Waals surface area (Å²) < 4.78 is 15.6. The molecule has 4 aliphatic rings.